The summed E-state index contributed by atoms with van der Waals surface area (Å²) in [4.78, 5) is 11.4. The number of phenolic OH excluding ortho intramolecular Hbond substituents is 1. The van der Waals surface area contributed by atoms with Gasteiger partial charge in [0, 0.05) is 63.6 Å². The molecule has 4 rings (SSSR count). The quantitative estimate of drug-likeness (QED) is 0.792. The second-order valence-corrected chi connectivity index (χ2v) is 7.86. The molecule has 0 spiro atoms. The summed E-state index contributed by atoms with van der Waals surface area (Å²) in [7, 11) is 1.62. The Bertz CT molecular complexity index is 796. The predicted molar refractivity (Wildman–Crippen MR) is 112 cm³/mol. The Morgan fingerprint density at radius 2 is 1.93 bits per heavy atom. The van der Waals surface area contributed by atoms with Crippen LogP contribution in [0.1, 0.15) is 12.0 Å². The maximum Gasteiger partial charge on any atom is 0.128 e. The van der Waals surface area contributed by atoms with E-state index < -0.39 is 6.10 Å². The number of likely N-dealkylation sites (tertiary alicyclic amines) is 1. The number of aromatic hydroxyl groups is 1. The minimum Gasteiger partial charge on any atom is -0.508 e. The number of pyridine rings is 1. The fourth-order valence-corrected chi connectivity index (χ4v) is 4.43. The van der Waals surface area contributed by atoms with Gasteiger partial charge < -0.3 is 19.8 Å². The van der Waals surface area contributed by atoms with Gasteiger partial charge in [-0.1, -0.05) is 6.07 Å². The number of methoxy groups -OCH3 is 1. The maximum absolute atomic E-state index is 10.8. The predicted octanol–water partition coefficient (Wildman–Crippen LogP) is 1.55. The zero-order valence-electron chi connectivity index (χ0n) is 16.9. The Morgan fingerprint density at radius 1 is 1.10 bits per heavy atom. The molecule has 0 bridgehead atoms. The number of nitrogens with zero attached hydrogens (tertiary/aromatic N) is 4. The van der Waals surface area contributed by atoms with Crippen molar-refractivity contribution in [3.05, 3.63) is 48.2 Å². The lowest BCUT2D eigenvalue weighted by molar-refractivity contribution is -0.0173. The van der Waals surface area contributed by atoms with Crippen LogP contribution in [-0.4, -0.2) is 83.5 Å². The molecule has 1 aromatic heterocycles. The van der Waals surface area contributed by atoms with Gasteiger partial charge in [-0.2, -0.15) is 0 Å². The largest absolute Gasteiger partial charge is 0.508 e. The number of aliphatic hydroxyl groups is 1. The highest BCUT2D eigenvalue weighted by molar-refractivity contribution is 5.39. The topological polar surface area (TPSA) is 72.3 Å². The Balaban J connectivity index is 1.31. The number of phenols is 1. The van der Waals surface area contributed by atoms with E-state index >= 15 is 0 Å². The average molecular weight is 399 g/mol. The van der Waals surface area contributed by atoms with Crippen LogP contribution < -0.4 is 9.64 Å². The highest BCUT2D eigenvalue weighted by atomic mass is 16.5. The first kappa shape index (κ1) is 19.9. The molecule has 2 atom stereocenters. The number of aliphatic hydroxyl groups excluding tert-OH is 1. The molecule has 29 heavy (non-hydrogen) atoms. The van der Waals surface area contributed by atoms with Crippen LogP contribution >= 0.6 is 0 Å². The third kappa shape index (κ3) is 4.63. The molecule has 0 amide bonds. The van der Waals surface area contributed by atoms with Crippen molar-refractivity contribution in [2.24, 2.45) is 0 Å². The standard InChI is InChI=1S/C22H30N4O3/c1-29-18-5-6-20(27)17(14-18)15-24-9-7-19(21(28)16-24)25-10-12-26(13-11-25)22-4-2-3-8-23-22/h2-6,8,14,19,21,27-28H,7,9-13,15-16H2,1H3/t19-,21-/m1/s1. The molecule has 2 fully saturated rings. The van der Waals surface area contributed by atoms with E-state index in [0.717, 1.165) is 56.3 Å². The summed E-state index contributed by atoms with van der Waals surface area (Å²) in [6, 6.07) is 11.5. The number of hydrogen-bond donors (Lipinski definition) is 2. The SMILES string of the molecule is COc1ccc(O)c(CN2CC[C@@H](N3CCN(c4ccccn4)CC3)[C@H](O)C2)c1. The minimum atomic E-state index is -0.391. The van der Waals surface area contributed by atoms with Crippen molar-refractivity contribution in [2.75, 3.05) is 51.3 Å². The molecule has 1 aromatic carbocycles. The van der Waals surface area contributed by atoms with Gasteiger partial charge in [0.25, 0.3) is 0 Å². The van der Waals surface area contributed by atoms with Gasteiger partial charge in [-0.25, -0.2) is 4.98 Å². The van der Waals surface area contributed by atoms with E-state index in [9.17, 15) is 10.2 Å². The number of β-amino-alcohol motifs (C(OH)–C–C–N with tert-alkyl or cyclic N) is 1. The van der Waals surface area contributed by atoms with E-state index in [1.54, 1.807) is 19.2 Å². The van der Waals surface area contributed by atoms with Crippen molar-refractivity contribution >= 4 is 5.82 Å². The van der Waals surface area contributed by atoms with Crippen molar-refractivity contribution in [1.82, 2.24) is 14.8 Å². The molecule has 2 aliphatic heterocycles. The minimum absolute atomic E-state index is 0.191. The molecule has 7 heteroatoms. The number of benzene rings is 1. The summed E-state index contributed by atoms with van der Waals surface area (Å²) in [5.74, 6) is 2.03. The van der Waals surface area contributed by atoms with E-state index in [-0.39, 0.29) is 11.8 Å². The van der Waals surface area contributed by atoms with Gasteiger partial charge in [0.05, 0.1) is 13.2 Å². The molecule has 156 valence electrons. The number of anilines is 1. The normalized spacial score (nSPS) is 23.9. The molecule has 2 aliphatic rings. The second kappa shape index (κ2) is 8.98. The zero-order valence-corrected chi connectivity index (χ0v) is 16.9. The Kier molecular flexibility index (Phi) is 6.18. The lowest BCUT2D eigenvalue weighted by Gasteiger charge is -2.45. The van der Waals surface area contributed by atoms with E-state index in [4.69, 9.17) is 4.74 Å². The summed E-state index contributed by atoms with van der Waals surface area (Å²) in [5.41, 5.74) is 0.832. The van der Waals surface area contributed by atoms with Gasteiger partial charge in [-0.3, -0.25) is 9.80 Å². The zero-order chi connectivity index (χ0) is 20.2. The summed E-state index contributed by atoms with van der Waals surface area (Å²) in [5, 5.41) is 21.0. The lowest BCUT2D eigenvalue weighted by atomic mass is 9.98. The van der Waals surface area contributed by atoms with Crippen molar-refractivity contribution in [2.45, 2.75) is 25.1 Å². The number of piperazine rings is 1. The first-order chi connectivity index (χ1) is 14.1. The number of hydrogen-bond acceptors (Lipinski definition) is 7. The lowest BCUT2D eigenvalue weighted by Crippen LogP contribution is -2.58. The van der Waals surface area contributed by atoms with Gasteiger partial charge in [0.15, 0.2) is 0 Å². The van der Waals surface area contributed by atoms with Gasteiger partial charge in [0.2, 0.25) is 0 Å². The highest BCUT2D eigenvalue weighted by Crippen LogP contribution is 2.27. The summed E-state index contributed by atoms with van der Waals surface area (Å²) >= 11 is 0. The third-order valence-corrected chi connectivity index (χ3v) is 6.07. The van der Waals surface area contributed by atoms with Crippen LogP contribution in [0.15, 0.2) is 42.6 Å². The molecule has 7 nitrogen and oxygen atoms in total. The second-order valence-electron chi connectivity index (χ2n) is 7.86. The van der Waals surface area contributed by atoms with Gasteiger partial charge in [-0.05, 0) is 36.8 Å². The van der Waals surface area contributed by atoms with Crippen LogP contribution in [0, 0.1) is 0 Å². The van der Waals surface area contributed by atoms with Crippen molar-refractivity contribution < 1.29 is 14.9 Å². The number of rotatable bonds is 5. The fourth-order valence-electron chi connectivity index (χ4n) is 4.43. The molecule has 0 saturated carbocycles. The van der Waals surface area contributed by atoms with Crippen LogP contribution in [0.5, 0.6) is 11.5 Å². The molecule has 2 saturated heterocycles. The average Bonchev–Trinajstić information content (AvgIpc) is 2.76. The van der Waals surface area contributed by atoms with Gasteiger partial charge in [0.1, 0.15) is 17.3 Å². The number of piperidine rings is 1. The Labute approximate surface area is 172 Å². The van der Waals surface area contributed by atoms with E-state index in [1.165, 1.54) is 0 Å². The Morgan fingerprint density at radius 3 is 2.62 bits per heavy atom. The summed E-state index contributed by atoms with van der Waals surface area (Å²) in [6.07, 6.45) is 2.37. The molecule has 3 heterocycles. The van der Waals surface area contributed by atoms with Gasteiger partial charge >= 0.3 is 0 Å². The van der Waals surface area contributed by atoms with E-state index in [2.05, 4.69) is 25.8 Å². The molecule has 0 radical (unpaired) electrons. The third-order valence-electron chi connectivity index (χ3n) is 6.07. The number of ether oxygens (including phenoxy) is 1. The highest BCUT2D eigenvalue weighted by Gasteiger charge is 2.34. The van der Waals surface area contributed by atoms with Crippen molar-refractivity contribution in [1.29, 1.82) is 0 Å². The fraction of sp³-hybridized carbons (Fsp3) is 0.500. The smallest absolute Gasteiger partial charge is 0.128 e. The summed E-state index contributed by atoms with van der Waals surface area (Å²) < 4.78 is 5.26. The maximum atomic E-state index is 10.8. The van der Waals surface area contributed by atoms with Gasteiger partial charge in [-0.15, -0.1) is 0 Å². The van der Waals surface area contributed by atoms with Crippen molar-refractivity contribution in [3.63, 3.8) is 0 Å². The monoisotopic (exact) mass is 398 g/mol. The van der Waals surface area contributed by atoms with Crippen molar-refractivity contribution in [3.8, 4) is 11.5 Å². The summed E-state index contributed by atoms with van der Waals surface area (Å²) in [6.45, 7) is 5.87. The van der Waals surface area contributed by atoms with Crippen LogP contribution in [0.4, 0.5) is 5.82 Å². The molecular formula is C22H30N4O3. The van der Waals surface area contributed by atoms with Crippen LogP contribution in [0.3, 0.4) is 0 Å². The molecular weight excluding hydrogens is 368 g/mol. The van der Waals surface area contributed by atoms with Crippen LogP contribution in [-0.2, 0) is 6.54 Å². The molecule has 0 unspecified atom stereocenters. The molecule has 2 aromatic rings. The Hall–Kier alpha value is -2.35. The van der Waals surface area contributed by atoms with Crippen LogP contribution in [0.25, 0.3) is 0 Å². The number of aromatic nitrogens is 1. The first-order valence-corrected chi connectivity index (χ1v) is 10.3. The first-order valence-electron chi connectivity index (χ1n) is 10.3. The van der Waals surface area contributed by atoms with E-state index in [0.29, 0.717) is 13.1 Å². The van der Waals surface area contributed by atoms with E-state index in [1.807, 2.05) is 24.4 Å². The van der Waals surface area contributed by atoms with Crippen LogP contribution in [0.2, 0.25) is 0 Å². The molecule has 2 N–H and O–H groups in total. The molecule has 0 aliphatic carbocycles.